The fourth-order valence-electron chi connectivity index (χ4n) is 1.87. The number of benzene rings is 2. The van der Waals surface area contributed by atoms with E-state index in [0.717, 1.165) is 30.4 Å². The molecule has 2 rings (SSSR count). The van der Waals surface area contributed by atoms with Crippen LogP contribution >= 0.6 is 59.4 Å². The summed E-state index contributed by atoms with van der Waals surface area (Å²) in [6.07, 6.45) is 0. The van der Waals surface area contributed by atoms with Gasteiger partial charge in [-0.1, -0.05) is 27.5 Å². The molecule has 0 aromatic heterocycles. The SMILES string of the molecule is CCOc1c(Br)cc(Br)cc1CNc1ccc(Cl)cc1Br. The van der Waals surface area contributed by atoms with Crippen LogP contribution in [0.3, 0.4) is 0 Å². The molecular weight excluding hydrogens is 485 g/mol. The van der Waals surface area contributed by atoms with Gasteiger partial charge in [-0.2, -0.15) is 0 Å². The quantitative estimate of drug-likeness (QED) is 0.499. The van der Waals surface area contributed by atoms with Crippen molar-refractivity contribution in [1.29, 1.82) is 0 Å². The van der Waals surface area contributed by atoms with Gasteiger partial charge in [0.15, 0.2) is 0 Å². The molecule has 0 saturated carbocycles. The summed E-state index contributed by atoms with van der Waals surface area (Å²) in [5.41, 5.74) is 2.05. The van der Waals surface area contributed by atoms with Gasteiger partial charge in [0.05, 0.1) is 11.1 Å². The molecule has 0 fully saturated rings. The summed E-state index contributed by atoms with van der Waals surface area (Å²) in [5.74, 6) is 0.860. The van der Waals surface area contributed by atoms with E-state index in [2.05, 4.69) is 53.1 Å². The van der Waals surface area contributed by atoms with Gasteiger partial charge in [0.25, 0.3) is 0 Å². The fourth-order valence-corrected chi connectivity index (χ4v) is 4.13. The zero-order chi connectivity index (χ0) is 15.4. The fraction of sp³-hybridized carbons (Fsp3) is 0.200. The second kappa shape index (κ2) is 7.86. The number of rotatable bonds is 5. The van der Waals surface area contributed by atoms with E-state index >= 15 is 0 Å². The lowest BCUT2D eigenvalue weighted by Crippen LogP contribution is -2.04. The smallest absolute Gasteiger partial charge is 0.138 e. The van der Waals surface area contributed by atoms with Gasteiger partial charge in [0, 0.05) is 31.8 Å². The Balaban J connectivity index is 2.22. The summed E-state index contributed by atoms with van der Waals surface area (Å²) < 4.78 is 8.59. The summed E-state index contributed by atoms with van der Waals surface area (Å²) >= 11 is 16.5. The van der Waals surface area contributed by atoms with Crippen LogP contribution in [0.5, 0.6) is 5.75 Å². The molecule has 2 nitrogen and oxygen atoms in total. The second-order valence-corrected chi connectivity index (χ2v) is 7.35. The standard InChI is InChI=1S/C15H13Br3ClNO/c1-2-21-15-9(5-10(16)6-13(15)18)8-20-14-4-3-11(19)7-12(14)17/h3-7,20H,2,8H2,1H3. The molecule has 0 atom stereocenters. The Hall–Kier alpha value is -0.230. The van der Waals surface area contributed by atoms with Gasteiger partial charge in [-0.15, -0.1) is 0 Å². The van der Waals surface area contributed by atoms with Crippen molar-refractivity contribution >= 4 is 65.1 Å². The third kappa shape index (κ3) is 4.62. The Kier molecular flexibility index (Phi) is 6.41. The van der Waals surface area contributed by atoms with Gasteiger partial charge >= 0.3 is 0 Å². The lowest BCUT2D eigenvalue weighted by molar-refractivity contribution is 0.334. The van der Waals surface area contributed by atoms with Crippen molar-refractivity contribution in [1.82, 2.24) is 0 Å². The van der Waals surface area contributed by atoms with Crippen LogP contribution in [0.1, 0.15) is 12.5 Å². The van der Waals surface area contributed by atoms with Crippen molar-refractivity contribution in [2.75, 3.05) is 11.9 Å². The van der Waals surface area contributed by atoms with Crippen molar-refractivity contribution in [2.45, 2.75) is 13.5 Å². The Morgan fingerprint density at radius 2 is 1.86 bits per heavy atom. The molecule has 0 aliphatic rings. The minimum Gasteiger partial charge on any atom is -0.492 e. The normalized spacial score (nSPS) is 10.5. The molecule has 0 unspecified atom stereocenters. The lowest BCUT2D eigenvalue weighted by atomic mass is 10.2. The number of anilines is 1. The van der Waals surface area contributed by atoms with Crippen LogP contribution in [0.4, 0.5) is 5.69 Å². The molecule has 2 aromatic carbocycles. The van der Waals surface area contributed by atoms with E-state index in [9.17, 15) is 0 Å². The van der Waals surface area contributed by atoms with Gasteiger partial charge in [-0.05, 0) is 69.1 Å². The summed E-state index contributed by atoms with van der Waals surface area (Å²) in [4.78, 5) is 0. The van der Waals surface area contributed by atoms with Crippen molar-refractivity contribution < 1.29 is 4.74 Å². The minimum atomic E-state index is 0.623. The maximum Gasteiger partial charge on any atom is 0.138 e. The molecule has 0 saturated heterocycles. The third-order valence-electron chi connectivity index (χ3n) is 2.77. The van der Waals surface area contributed by atoms with Gasteiger partial charge in [-0.3, -0.25) is 0 Å². The molecule has 0 aliphatic carbocycles. The number of hydrogen-bond donors (Lipinski definition) is 1. The van der Waals surface area contributed by atoms with Gasteiger partial charge < -0.3 is 10.1 Å². The van der Waals surface area contributed by atoms with Crippen LogP contribution in [0.25, 0.3) is 0 Å². The molecular formula is C15H13Br3ClNO. The first-order valence-corrected chi connectivity index (χ1v) is 9.06. The first-order valence-electron chi connectivity index (χ1n) is 6.31. The van der Waals surface area contributed by atoms with E-state index in [1.165, 1.54) is 0 Å². The summed E-state index contributed by atoms with van der Waals surface area (Å²) in [5, 5.41) is 4.08. The number of halogens is 4. The summed E-state index contributed by atoms with van der Waals surface area (Å²) in [7, 11) is 0. The molecule has 2 aromatic rings. The van der Waals surface area contributed by atoms with Crippen LogP contribution in [-0.4, -0.2) is 6.61 Å². The zero-order valence-corrected chi connectivity index (χ0v) is 16.7. The number of hydrogen-bond acceptors (Lipinski definition) is 2. The summed E-state index contributed by atoms with van der Waals surface area (Å²) in [6.45, 7) is 3.24. The van der Waals surface area contributed by atoms with Crippen LogP contribution in [0.15, 0.2) is 43.7 Å². The third-order valence-corrected chi connectivity index (χ3v) is 4.71. The number of nitrogens with one attached hydrogen (secondary N) is 1. The van der Waals surface area contributed by atoms with E-state index < -0.39 is 0 Å². The van der Waals surface area contributed by atoms with Crippen molar-refractivity contribution in [3.8, 4) is 5.75 Å². The van der Waals surface area contributed by atoms with E-state index in [0.29, 0.717) is 18.2 Å². The molecule has 0 radical (unpaired) electrons. The highest BCUT2D eigenvalue weighted by atomic mass is 79.9. The Morgan fingerprint density at radius 3 is 2.52 bits per heavy atom. The highest BCUT2D eigenvalue weighted by molar-refractivity contribution is 9.11. The molecule has 1 N–H and O–H groups in total. The Morgan fingerprint density at radius 1 is 1.10 bits per heavy atom. The average molecular weight is 498 g/mol. The first-order chi connectivity index (χ1) is 10.0. The largest absolute Gasteiger partial charge is 0.492 e. The van der Waals surface area contributed by atoms with E-state index in [-0.39, 0.29) is 0 Å². The molecule has 0 spiro atoms. The van der Waals surface area contributed by atoms with Gasteiger partial charge in [0.2, 0.25) is 0 Å². The average Bonchev–Trinajstić information content (AvgIpc) is 2.41. The predicted octanol–water partition coefficient (Wildman–Crippen LogP) is 6.64. The van der Waals surface area contributed by atoms with E-state index in [1.807, 2.05) is 37.3 Å². The van der Waals surface area contributed by atoms with E-state index in [1.54, 1.807) is 0 Å². The monoisotopic (exact) mass is 495 g/mol. The van der Waals surface area contributed by atoms with Crippen LogP contribution < -0.4 is 10.1 Å². The molecule has 0 aliphatic heterocycles. The molecule has 0 bridgehead atoms. The van der Waals surface area contributed by atoms with Crippen molar-refractivity contribution in [3.63, 3.8) is 0 Å². The van der Waals surface area contributed by atoms with Crippen molar-refractivity contribution in [2.24, 2.45) is 0 Å². The lowest BCUT2D eigenvalue weighted by Gasteiger charge is -2.15. The second-order valence-electron chi connectivity index (χ2n) is 4.29. The molecule has 112 valence electrons. The zero-order valence-electron chi connectivity index (χ0n) is 11.2. The predicted molar refractivity (Wildman–Crippen MR) is 99.5 cm³/mol. The topological polar surface area (TPSA) is 21.3 Å². The minimum absolute atomic E-state index is 0.623. The highest BCUT2D eigenvalue weighted by Gasteiger charge is 2.10. The molecule has 0 heterocycles. The first kappa shape index (κ1) is 17.1. The van der Waals surface area contributed by atoms with E-state index in [4.69, 9.17) is 16.3 Å². The number of ether oxygens (including phenoxy) is 1. The molecule has 6 heteroatoms. The van der Waals surface area contributed by atoms with Gasteiger partial charge in [-0.25, -0.2) is 0 Å². The highest BCUT2D eigenvalue weighted by Crippen LogP contribution is 2.34. The Labute approximate surface area is 154 Å². The Bertz CT molecular complexity index is 649. The van der Waals surface area contributed by atoms with Crippen LogP contribution in [-0.2, 0) is 6.54 Å². The van der Waals surface area contributed by atoms with Gasteiger partial charge in [0.1, 0.15) is 5.75 Å². The summed E-state index contributed by atoms with van der Waals surface area (Å²) in [6, 6.07) is 9.69. The maximum atomic E-state index is 5.95. The van der Waals surface area contributed by atoms with Crippen molar-refractivity contribution in [3.05, 3.63) is 54.3 Å². The molecule has 0 amide bonds. The van der Waals surface area contributed by atoms with Crippen LogP contribution in [0.2, 0.25) is 5.02 Å². The maximum absolute atomic E-state index is 5.95. The van der Waals surface area contributed by atoms with Crippen LogP contribution in [0, 0.1) is 0 Å². The molecule has 21 heavy (non-hydrogen) atoms.